The molecule has 4 N–H and O–H groups in total. The number of hydrogen-bond donors (Lipinski definition) is 3. The average Bonchev–Trinajstić information content (AvgIpc) is 2.61. The minimum atomic E-state index is -0.755. The molecule has 2 rings (SSSR count). The highest BCUT2D eigenvalue weighted by molar-refractivity contribution is 6.57. The van der Waals surface area contributed by atoms with Gasteiger partial charge in [0, 0.05) is 11.3 Å². The van der Waals surface area contributed by atoms with Gasteiger partial charge in [0.05, 0.1) is 6.67 Å². The Morgan fingerprint density at radius 2 is 1.76 bits per heavy atom. The smallest absolute Gasteiger partial charge is 0.435 e. The highest BCUT2D eigenvalue weighted by Crippen LogP contribution is 2.09. The van der Waals surface area contributed by atoms with Crippen LogP contribution in [0.4, 0.5) is 15.3 Å². The molecule has 0 aliphatic heterocycles. The number of carbonyl (C=O) groups excluding carboxylic acids is 2. The summed E-state index contributed by atoms with van der Waals surface area (Å²) < 4.78 is 5.05. The molecule has 0 atom stereocenters. The Labute approximate surface area is 146 Å². The quantitative estimate of drug-likeness (QED) is 0.324. The molecule has 0 aliphatic carbocycles. The van der Waals surface area contributed by atoms with E-state index in [1.165, 1.54) is 0 Å². The van der Waals surface area contributed by atoms with E-state index in [1.54, 1.807) is 24.3 Å². The molecule has 0 fully saturated rings. The summed E-state index contributed by atoms with van der Waals surface area (Å²) in [4.78, 5) is 26.0. The first-order valence-electron chi connectivity index (χ1n) is 7.47. The number of nitrogens with zero attached hydrogens (tertiary/aromatic N) is 1. The molecule has 0 aromatic heterocycles. The van der Waals surface area contributed by atoms with Crippen LogP contribution < -0.4 is 16.4 Å². The van der Waals surface area contributed by atoms with Crippen molar-refractivity contribution in [1.82, 2.24) is 5.32 Å². The van der Waals surface area contributed by atoms with Crippen molar-refractivity contribution >= 4 is 31.3 Å². The van der Waals surface area contributed by atoms with Gasteiger partial charge in [-0.1, -0.05) is 30.3 Å². The van der Waals surface area contributed by atoms with E-state index in [1.807, 2.05) is 30.3 Å². The Hall–Kier alpha value is -3.29. The van der Waals surface area contributed by atoms with Crippen molar-refractivity contribution in [1.29, 1.82) is 0 Å². The number of carbonyl (C=O) groups is 2. The number of nitrogens with two attached hydrogens (primary N) is 1. The molecule has 2 amide bonds. The average molecular weight is 336 g/mol. The number of amides is 2. The lowest BCUT2D eigenvalue weighted by Crippen LogP contribution is -2.27. The molecule has 0 spiro atoms. The van der Waals surface area contributed by atoms with Crippen LogP contribution >= 0.6 is 0 Å². The van der Waals surface area contributed by atoms with Gasteiger partial charge in [-0.15, -0.1) is 0 Å². The lowest BCUT2D eigenvalue weighted by molar-refractivity contribution is 0.151. The molecule has 0 heterocycles. The summed E-state index contributed by atoms with van der Waals surface area (Å²) >= 11 is 0. The van der Waals surface area contributed by atoms with E-state index in [0.717, 1.165) is 11.3 Å². The number of amidine groups is 1. The fraction of sp³-hybridized carbons (Fsp3) is 0.118. The maximum Gasteiger partial charge on any atom is 0.435 e. The molecule has 0 saturated heterocycles. The number of nitrogens with one attached hydrogen (secondary N) is 2. The summed E-state index contributed by atoms with van der Waals surface area (Å²) in [5.41, 5.74) is 8.00. The molecule has 2 aromatic rings. The number of anilines is 1. The zero-order valence-corrected chi connectivity index (χ0v) is 13.4. The molecule has 7 nitrogen and oxygen atoms in total. The standard InChI is InChI=1S/C17H17BN4O3/c18-16(23)21-11-20-14-8-6-13(7-9-14)15(19)22-17(24)25-10-12-4-2-1-3-5-12/h1-9,20H,10-11H2,(H,21,23)(H2,19,22,24). The lowest BCUT2D eigenvalue weighted by Gasteiger charge is -2.08. The van der Waals surface area contributed by atoms with Gasteiger partial charge in [0.25, 0.3) is 0 Å². The Bertz CT molecular complexity index is 748. The Morgan fingerprint density at radius 1 is 1.08 bits per heavy atom. The maximum atomic E-state index is 11.7. The third-order valence-corrected chi connectivity index (χ3v) is 3.15. The van der Waals surface area contributed by atoms with Gasteiger partial charge in [-0.2, -0.15) is 4.99 Å². The molecule has 0 saturated carbocycles. The molecular weight excluding hydrogens is 319 g/mol. The first kappa shape index (κ1) is 18.1. The van der Waals surface area contributed by atoms with Gasteiger partial charge >= 0.3 is 6.09 Å². The third kappa shape index (κ3) is 6.38. The molecule has 25 heavy (non-hydrogen) atoms. The van der Waals surface area contributed by atoms with Crippen LogP contribution in [0.5, 0.6) is 0 Å². The normalized spacial score (nSPS) is 10.8. The molecule has 0 unspecified atom stereocenters. The molecule has 2 aromatic carbocycles. The van der Waals surface area contributed by atoms with Crippen LogP contribution in [0.1, 0.15) is 11.1 Å². The van der Waals surface area contributed by atoms with E-state index < -0.39 is 11.9 Å². The highest BCUT2D eigenvalue weighted by atomic mass is 16.5. The maximum absolute atomic E-state index is 11.7. The van der Waals surface area contributed by atoms with Crippen LogP contribution in [-0.4, -0.2) is 32.3 Å². The van der Waals surface area contributed by atoms with Gasteiger partial charge in [-0.3, -0.25) is 4.79 Å². The molecule has 8 heteroatoms. The Morgan fingerprint density at radius 3 is 2.40 bits per heavy atom. The van der Waals surface area contributed by atoms with Crippen molar-refractivity contribution in [2.45, 2.75) is 6.61 Å². The zero-order chi connectivity index (χ0) is 18.1. The second-order valence-corrected chi connectivity index (χ2v) is 5.01. The molecule has 0 bridgehead atoms. The van der Waals surface area contributed by atoms with E-state index in [9.17, 15) is 9.59 Å². The predicted octanol–water partition coefficient (Wildman–Crippen LogP) is 1.98. The molecule has 126 valence electrons. The van der Waals surface area contributed by atoms with Gasteiger partial charge in [0.2, 0.25) is 7.85 Å². The number of benzene rings is 2. The van der Waals surface area contributed by atoms with E-state index in [2.05, 4.69) is 15.6 Å². The van der Waals surface area contributed by atoms with Crippen molar-refractivity contribution in [2.75, 3.05) is 12.0 Å². The number of ether oxygens (including phenoxy) is 1. The summed E-state index contributed by atoms with van der Waals surface area (Å²) in [6.07, 6.45) is -0.755. The van der Waals surface area contributed by atoms with E-state index in [4.69, 9.17) is 18.3 Å². The van der Waals surface area contributed by atoms with Crippen LogP contribution in [0.25, 0.3) is 0 Å². The van der Waals surface area contributed by atoms with Gasteiger partial charge in [0.1, 0.15) is 12.4 Å². The van der Waals surface area contributed by atoms with E-state index in [0.29, 0.717) is 5.56 Å². The van der Waals surface area contributed by atoms with Crippen LogP contribution in [0, 0.1) is 0 Å². The summed E-state index contributed by atoms with van der Waals surface area (Å²) in [5.74, 6) is -0.561. The largest absolute Gasteiger partial charge is 0.443 e. The van der Waals surface area contributed by atoms with Crippen molar-refractivity contribution in [3.8, 4) is 0 Å². The van der Waals surface area contributed by atoms with Crippen LogP contribution in [0.15, 0.2) is 59.6 Å². The molecular formula is C17H17BN4O3. The Balaban J connectivity index is 1.87. The topological polar surface area (TPSA) is 106 Å². The van der Waals surface area contributed by atoms with Crippen molar-refractivity contribution in [3.05, 3.63) is 65.7 Å². The van der Waals surface area contributed by atoms with E-state index >= 15 is 0 Å². The fourth-order valence-corrected chi connectivity index (χ4v) is 1.91. The monoisotopic (exact) mass is 336 g/mol. The van der Waals surface area contributed by atoms with Crippen molar-refractivity contribution < 1.29 is 14.3 Å². The minimum Gasteiger partial charge on any atom is -0.443 e. The minimum absolute atomic E-state index is 0.0554. The number of aliphatic imine (C=N–C) groups is 1. The number of rotatable bonds is 6. The van der Waals surface area contributed by atoms with E-state index in [-0.39, 0.29) is 19.1 Å². The molecule has 0 aliphatic rings. The zero-order valence-electron chi connectivity index (χ0n) is 13.4. The third-order valence-electron chi connectivity index (χ3n) is 3.15. The van der Waals surface area contributed by atoms with Crippen molar-refractivity contribution in [2.24, 2.45) is 10.7 Å². The summed E-state index contributed by atoms with van der Waals surface area (Å²) in [7, 11) is 4.96. The summed E-state index contributed by atoms with van der Waals surface area (Å²) in [6.45, 7) is 0.330. The summed E-state index contributed by atoms with van der Waals surface area (Å²) in [5, 5.41) is 5.34. The second kappa shape index (κ2) is 9.12. The fourth-order valence-electron chi connectivity index (χ4n) is 1.91. The highest BCUT2D eigenvalue weighted by Gasteiger charge is 2.05. The second-order valence-electron chi connectivity index (χ2n) is 5.01. The van der Waals surface area contributed by atoms with Crippen LogP contribution in [0.2, 0.25) is 0 Å². The van der Waals surface area contributed by atoms with Crippen LogP contribution in [-0.2, 0) is 11.3 Å². The van der Waals surface area contributed by atoms with Crippen LogP contribution in [0.3, 0.4) is 0 Å². The first-order chi connectivity index (χ1) is 12.0. The van der Waals surface area contributed by atoms with Gasteiger partial charge < -0.3 is 21.1 Å². The lowest BCUT2D eigenvalue weighted by atomic mass is 10.1. The molecule has 2 radical (unpaired) electrons. The SMILES string of the molecule is [B]C(=O)NCNc1ccc(C(N)=NC(=O)OCc2ccccc2)cc1. The number of hydrogen-bond acceptors (Lipinski definition) is 4. The van der Waals surface area contributed by atoms with Gasteiger partial charge in [0.15, 0.2) is 5.81 Å². The predicted molar refractivity (Wildman–Crippen MR) is 96.6 cm³/mol. The van der Waals surface area contributed by atoms with Crippen molar-refractivity contribution in [3.63, 3.8) is 0 Å². The summed E-state index contributed by atoms with van der Waals surface area (Å²) in [6, 6.07) is 16.1. The van der Waals surface area contributed by atoms with Gasteiger partial charge in [-0.05, 0) is 29.8 Å². The Kier molecular flexibility index (Phi) is 6.59. The van der Waals surface area contributed by atoms with Gasteiger partial charge in [-0.25, -0.2) is 4.79 Å². The first-order valence-corrected chi connectivity index (χ1v) is 7.47.